The van der Waals surface area contributed by atoms with Crippen LogP contribution in [0.4, 0.5) is 0 Å². The largest absolute Gasteiger partial charge is 0.316 e. The summed E-state index contributed by atoms with van der Waals surface area (Å²) in [6.45, 7) is 5.35. The van der Waals surface area contributed by atoms with E-state index in [4.69, 9.17) is 0 Å². The molecule has 0 bridgehead atoms. The molecular weight excluding hydrogens is 184 g/mol. The van der Waals surface area contributed by atoms with Crippen LogP contribution in [0.25, 0.3) is 0 Å². The fourth-order valence-electron chi connectivity index (χ4n) is 3.81. The fourth-order valence-corrected chi connectivity index (χ4v) is 3.81. The summed E-state index contributed by atoms with van der Waals surface area (Å²) >= 11 is 0. The highest BCUT2D eigenvalue weighted by Crippen LogP contribution is 2.31. The van der Waals surface area contributed by atoms with E-state index in [1.54, 1.807) is 0 Å². The van der Waals surface area contributed by atoms with Crippen molar-refractivity contribution in [3.8, 4) is 0 Å². The number of likely N-dealkylation sites (tertiary alicyclic amines) is 1. The van der Waals surface area contributed by atoms with E-state index in [9.17, 15) is 0 Å². The lowest BCUT2D eigenvalue weighted by Gasteiger charge is -2.27. The third-order valence-corrected chi connectivity index (χ3v) is 4.76. The maximum Gasteiger partial charge on any atom is 0.00955 e. The highest BCUT2D eigenvalue weighted by molar-refractivity contribution is 4.93. The third-order valence-electron chi connectivity index (χ3n) is 4.76. The zero-order valence-electron chi connectivity index (χ0n) is 9.75. The number of nitrogens with one attached hydrogen (secondary N) is 1. The summed E-state index contributed by atoms with van der Waals surface area (Å²) in [6, 6.07) is 0.943. The van der Waals surface area contributed by atoms with E-state index in [2.05, 4.69) is 10.2 Å². The summed E-state index contributed by atoms with van der Waals surface area (Å²) < 4.78 is 0. The summed E-state index contributed by atoms with van der Waals surface area (Å²) in [4.78, 5) is 2.82. The fraction of sp³-hybridized carbons (Fsp3) is 1.00. The molecule has 0 aromatic heterocycles. The standard InChI is InChI=1S/C13H24N2/c1-2-4-6-13(5-3-1)15-9-11-7-14-8-12(11)10-15/h11-14H,1-10H2/t11-,12+. The molecule has 2 heteroatoms. The summed E-state index contributed by atoms with van der Waals surface area (Å²) in [6.07, 6.45) is 8.89. The van der Waals surface area contributed by atoms with Crippen molar-refractivity contribution in [3.63, 3.8) is 0 Å². The molecule has 0 amide bonds. The minimum atomic E-state index is 0.943. The maximum atomic E-state index is 3.53. The Labute approximate surface area is 93.4 Å². The highest BCUT2D eigenvalue weighted by Gasteiger charge is 2.38. The molecule has 0 spiro atoms. The molecule has 1 aliphatic carbocycles. The predicted molar refractivity (Wildman–Crippen MR) is 62.9 cm³/mol. The van der Waals surface area contributed by atoms with Gasteiger partial charge in [0, 0.05) is 19.1 Å². The summed E-state index contributed by atoms with van der Waals surface area (Å²) in [5, 5.41) is 3.53. The van der Waals surface area contributed by atoms with Gasteiger partial charge in [0.2, 0.25) is 0 Å². The molecule has 3 rings (SSSR count). The van der Waals surface area contributed by atoms with Crippen LogP contribution >= 0.6 is 0 Å². The number of rotatable bonds is 1. The molecule has 1 N–H and O–H groups in total. The van der Waals surface area contributed by atoms with E-state index in [1.165, 1.54) is 64.7 Å². The number of fused-ring (bicyclic) bond motifs is 1. The Balaban J connectivity index is 1.58. The quantitative estimate of drug-likeness (QED) is 0.662. The molecule has 2 saturated heterocycles. The van der Waals surface area contributed by atoms with Crippen LogP contribution in [0.1, 0.15) is 38.5 Å². The van der Waals surface area contributed by atoms with E-state index in [1.807, 2.05) is 0 Å². The first kappa shape index (κ1) is 10.1. The van der Waals surface area contributed by atoms with Gasteiger partial charge in [0.25, 0.3) is 0 Å². The lowest BCUT2D eigenvalue weighted by Crippen LogP contribution is -2.35. The Morgan fingerprint density at radius 2 is 1.40 bits per heavy atom. The normalized spacial score (nSPS) is 39.2. The second-order valence-corrected chi connectivity index (χ2v) is 5.78. The average molecular weight is 208 g/mol. The molecule has 0 aromatic carbocycles. The Kier molecular flexibility index (Phi) is 2.98. The third kappa shape index (κ3) is 2.07. The summed E-state index contributed by atoms with van der Waals surface area (Å²) in [5.41, 5.74) is 0. The smallest absolute Gasteiger partial charge is 0.00955 e. The number of hydrogen-bond donors (Lipinski definition) is 1. The van der Waals surface area contributed by atoms with Crippen molar-refractivity contribution >= 4 is 0 Å². The van der Waals surface area contributed by atoms with Gasteiger partial charge in [-0.15, -0.1) is 0 Å². The van der Waals surface area contributed by atoms with Gasteiger partial charge in [0.15, 0.2) is 0 Å². The van der Waals surface area contributed by atoms with Gasteiger partial charge in [-0.1, -0.05) is 25.7 Å². The van der Waals surface area contributed by atoms with E-state index >= 15 is 0 Å². The molecule has 1 saturated carbocycles. The van der Waals surface area contributed by atoms with E-state index in [-0.39, 0.29) is 0 Å². The molecule has 2 atom stereocenters. The number of hydrogen-bond acceptors (Lipinski definition) is 2. The minimum absolute atomic E-state index is 0.943. The maximum absolute atomic E-state index is 3.53. The Bertz CT molecular complexity index is 197. The van der Waals surface area contributed by atoms with E-state index in [0.29, 0.717) is 0 Å². The molecule has 0 radical (unpaired) electrons. The molecule has 3 aliphatic rings. The highest BCUT2D eigenvalue weighted by atomic mass is 15.2. The molecular formula is C13H24N2. The minimum Gasteiger partial charge on any atom is -0.316 e. The first-order valence-electron chi connectivity index (χ1n) is 6.88. The average Bonchev–Trinajstić information content (AvgIpc) is 2.70. The lowest BCUT2D eigenvalue weighted by molar-refractivity contribution is 0.206. The van der Waals surface area contributed by atoms with Gasteiger partial charge in [-0.25, -0.2) is 0 Å². The van der Waals surface area contributed by atoms with Gasteiger partial charge in [-0.05, 0) is 37.8 Å². The van der Waals surface area contributed by atoms with Crippen molar-refractivity contribution in [3.05, 3.63) is 0 Å². The predicted octanol–water partition coefficient (Wildman–Crippen LogP) is 1.86. The second kappa shape index (κ2) is 4.42. The van der Waals surface area contributed by atoms with Crippen LogP contribution < -0.4 is 5.32 Å². The van der Waals surface area contributed by atoms with Crippen LogP contribution in [-0.4, -0.2) is 37.1 Å². The number of nitrogens with zero attached hydrogens (tertiary/aromatic N) is 1. The topological polar surface area (TPSA) is 15.3 Å². The van der Waals surface area contributed by atoms with Crippen molar-refractivity contribution < 1.29 is 0 Å². The van der Waals surface area contributed by atoms with Crippen LogP contribution in [0.5, 0.6) is 0 Å². The van der Waals surface area contributed by atoms with Crippen molar-refractivity contribution in [2.45, 2.75) is 44.6 Å². The molecule has 0 aromatic rings. The van der Waals surface area contributed by atoms with Gasteiger partial charge in [-0.3, -0.25) is 4.90 Å². The van der Waals surface area contributed by atoms with Crippen molar-refractivity contribution in [1.82, 2.24) is 10.2 Å². The van der Waals surface area contributed by atoms with Gasteiger partial charge < -0.3 is 5.32 Å². The molecule has 2 aliphatic heterocycles. The molecule has 3 fully saturated rings. The van der Waals surface area contributed by atoms with Crippen LogP contribution in [0, 0.1) is 11.8 Å². The van der Waals surface area contributed by atoms with Gasteiger partial charge in [0.1, 0.15) is 0 Å². The second-order valence-electron chi connectivity index (χ2n) is 5.78. The molecule has 0 unspecified atom stereocenters. The summed E-state index contributed by atoms with van der Waals surface area (Å²) in [7, 11) is 0. The van der Waals surface area contributed by atoms with Crippen LogP contribution in [-0.2, 0) is 0 Å². The van der Waals surface area contributed by atoms with Crippen LogP contribution in [0.3, 0.4) is 0 Å². The SMILES string of the molecule is C1CCCC(N2C[C@H]3CNC[C@H]3C2)CC1. The first-order chi connectivity index (χ1) is 7.43. The first-order valence-corrected chi connectivity index (χ1v) is 6.88. The lowest BCUT2D eigenvalue weighted by atomic mass is 10.0. The van der Waals surface area contributed by atoms with E-state index in [0.717, 1.165) is 17.9 Å². The van der Waals surface area contributed by atoms with Crippen molar-refractivity contribution in [1.29, 1.82) is 0 Å². The Morgan fingerprint density at radius 3 is 2.00 bits per heavy atom. The van der Waals surface area contributed by atoms with Crippen molar-refractivity contribution in [2.24, 2.45) is 11.8 Å². The molecule has 2 heterocycles. The summed E-state index contributed by atoms with van der Waals surface area (Å²) in [5.74, 6) is 1.96. The van der Waals surface area contributed by atoms with Gasteiger partial charge >= 0.3 is 0 Å². The molecule has 2 nitrogen and oxygen atoms in total. The Hall–Kier alpha value is -0.0800. The molecule has 86 valence electrons. The molecule has 15 heavy (non-hydrogen) atoms. The van der Waals surface area contributed by atoms with Crippen LogP contribution in [0.15, 0.2) is 0 Å². The zero-order chi connectivity index (χ0) is 10.1. The Morgan fingerprint density at radius 1 is 0.800 bits per heavy atom. The van der Waals surface area contributed by atoms with Gasteiger partial charge in [0.05, 0.1) is 0 Å². The van der Waals surface area contributed by atoms with Crippen LogP contribution in [0.2, 0.25) is 0 Å². The monoisotopic (exact) mass is 208 g/mol. The zero-order valence-corrected chi connectivity index (χ0v) is 9.75. The van der Waals surface area contributed by atoms with E-state index < -0.39 is 0 Å². The van der Waals surface area contributed by atoms with Crippen molar-refractivity contribution in [2.75, 3.05) is 26.2 Å². The van der Waals surface area contributed by atoms with Gasteiger partial charge in [-0.2, -0.15) is 0 Å².